The van der Waals surface area contributed by atoms with E-state index in [0.29, 0.717) is 16.6 Å². The largest absolute Gasteiger partial charge is 0.354 e. The molecule has 0 radical (unpaired) electrons. The van der Waals surface area contributed by atoms with Crippen LogP contribution in [0.5, 0.6) is 0 Å². The van der Waals surface area contributed by atoms with Gasteiger partial charge in [0.15, 0.2) is 0 Å². The Bertz CT molecular complexity index is 685. The van der Waals surface area contributed by atoms with Crippen LogP contribution in [0.25, 0.3) is 0 Å². The molecular weight excluding hydrogens is 331 g/mol. The SMILES string of the molecule is NC(CNC(=O)C1CC1c1cc(Cl)cc(Cl)c1)c1ccccc1. The Hall–Kier alpha value is -1.55. The summed E-state index contributed by atoms with van der Waals surface area (Å²) in [6, 6.07) is 15.0. The highest BCUT2D eigenvalue weighted by Gasteiger charge is 2.44. The van der Waals surface area contributed by atoms with Crippen LogP contribution in [0.1, 0.15) is 29.5 Å². The van der Waals surface area contributed by atoms with Crippen LogP contribution in [0.3, 0.4) is 0 Å². The molecule has 1 aliphatic rings. The summed E-state index contributed by atoms with van der Waals surface area (Å²) in [5, 5.41) is 4.14. The van der Waals surface area contributed by atoms with Crippen LogP contribution in [-0.4, -0.2) is 12.5 Å². The molecule has 3 N–H and O–H groups in total. The number of nitrogens with two attached hydrogens (primary N) is 1. The topological polar surface area (TPSA) is 55.1 Å². The van der Waals surface area contributed by atoms with Crippen molar-refractivity contribution in [3.63, 3.8) is 0 Å². The Balaban J connectivity index is 1.54. The highest BCUT2D eigenvalue weighted by atomic mass is 35.5. The third-order valence-electron chi connectivity index (χ3n) is 4.16. The Morgan fingerprint density at radius 1 is 1.17 bits per heavy atom. The molecule has 0 saturated heterocycles. The molecule has 1 amide bonds. The van der Waals surface area contributed by atoms with Crippen molar-refractivity contribution < 1.29 is 4.79 Å². The van der Waals surface area contributed by atoms with Gasteiger partial charge in [-0.25, -0.2) is 0 Å². The fourth-order valence-electron chi connectivity index (χ4n) is 2.80. The van der Waals surface area contributed by atoms with E-state index in [2.05, 4.69) is 5.32 Å². The van der Waals surface area contributed by atoms with Crippen molar-refractivity contribution in [2.45, 2.75) is 18.4 Å². The molecule has 5 heteroatoms. The maximum absolute atomic E-state index is 12.3. The van der Waals surface area contributed by atoms with Crippen LogP contribution in [0.15, 0.2) is 48.5 Å². The van der Waals surface area contributed by atoms with Gasteiger partial charge in [-0.2, -0.15) is 0 Å². The zero-order chi connectivity index (χ0) is 16.4. The predicted molar refractivity (Wildman–Crippen MR) is 93.7 cm³/mol. The average molecular weight is 349 g/mol. The van der Waals surface area contributed by atoms with Gasteiger partial charge in [-0.3, -0.25) is 4.79 Å². The van der Waals surface area contributed by atoms with Gasteiger partial charge in [0.25, 0.3) is 0 Å². The smallest absolute Gasteiger partial charge is 0.223 e. The number of halogens is 2. The third kappa shape index (κ3) is 4.05. The third-order valence-corrected chi connectivity index (χ3v) is 4.60. The molecule has 0 aromatic heterocycles. The van der Waals surface area contributed by atoms with Crippen LogP contribution in [0.4, 0.5) is 0 Å². The van der Waals surface area contributed by atoms with Gasteiger partial charge in [-0.15, -0.1) is 0 Å². The number of carbonyl (C=O) groups excluding carboxylic acids is 1. The van der Waals surface area contributed by atoms with Crippen molar-refractivity contribution in [2.75, 3.05) is 6.54 Å². The predicted octanol–water partition coefficient (Wildman–Crippen LogP) is 3.91. The van der Waals surface area contributed by atoms with Crippen LogP contribution in [0.2, 0.25) is 10.0 Å². The van der Waals surface area contributed by atoms with Crippen molar-refractivity contribution in [1.29, 1.82) is 0 Å². The monoisotopic (exact) mass is 348 g/mol. The number of hydrogen-bond acceptors (Lipinski definition) is 2. The van der Waals surface area contributed by atoms with Crippen LogP contribution < -0.4 is 11.1 Å². The Kier molecular flexibility index (Phi) is 4.90. The number of benzene rings is 2. The lowest BCUT2D eigenvalue weighted by molar-refractivity contribution is -0.122. The summed E-state index contributed by atoms with van der Waals surface area (Å²) in [6.07, 6.45) is 0.822. The van der Waals surface area contributed by atoms with E-state index < -0.39 is 0 Å². The maximum atomic E-state index is 12.3. The number of amides is 1. The Morgan fingerprint density at radius 3 is 2.48 bits per heavy atom. The van der Waals surface area contributed by atoms with Crippen molar-refractivity contribution in [2.24, 2.45) is 11.7 Å². The minimum Gasteiger partial charge on any atom is -0.354 e. The maximum Gasteiger partial charge on any atom is 0.223 e. The van der Waals surface area contributed by atoms with Crippen molar-refractivity contribution in [3.05, 3.63) is 69.7 Å². The van der Waals surface area contributed by atoms with E-state index >= 15 is 0 Å². The van der Waals surface area contributed by atoms with Crippen LogP contribution in [0, 0.1) is 5.92 Å². The molecule has 2 aromatic rings. The van der Waals surface area contributed by atoms with Gasteiger partial charge in [0.2, 0.25) is 5.91 Å². The van der Waals surface area contributed by atoms with Gasteiger partial charge in [0.05, 0.1) is 0 Å². The first-order chi connectivity index (χ1) is 11.0. The van der Waals surface area contributed by atoms with E-state index in [9.17, 15) is 4.79 Å². The molecule has 3 nitrogen and oxygen atoms in total. The fourth-order valence-corrected chi connectivity index (χ4v) is 3.35. The standard InChI is InChI=1S/C18H18Cl2N2O/c19-13-6-12(7-14(20)8-13)15-9-16(15)18(23)22-10-17(21)11-4-2-1-3-5-11/h1-8,15-17H,9-10,21H2,(H,22,23). The summed E-state index contributed by atoms with van der Waals surface area (Å²) in [5.74, 6) is 0.212. The zero-order valence-corrected chi connectivity index (χ0v) is 14.0. The summed E-state index contributed by atoms with van der Waals surface area (Å²) in [4.78, 5) is 12.3. The molecule has 3 unspecified atom stereocenters. The summed E-state index contributed by atoms with van der Waals surface area (Å²) in [6.45, 7) is 0.433. The quantitative estimate of drug-likeness (QED) is 0.860. The van der Waals surface area contributed by atoms with Gasteiger partial charge in [0, 0.05) is 28.5 Å². The van der Waals surface area contributed by atoms with E-state index in [1.165, 1.54) is 0 Å². The molecule has 1 aliphatic carbocycles. The summed E-state index contributed by atoms with van der Waals surface area (Å²) < 4.78 is 0. The Labute approximate surface area is 145 Å². The fraction of sp³-hybridized carbons (Fsp3) is 0.278. The lowest BCUT2D eigenvalue weighted by Gasteiger charge is -2.13. The molecule has 0 bridgehead atoms. The molecule has 0 aliphatic heterocycles. The number of rotatable bonds is 5. The van der Waals surface area contributed by atoms with E-state index in [4.69, 9.17) is 28.9 Å². The average Bonchev–Trinajstić information content (AvgIpc) is 3.33. The van der Waals surface area contributed by atoms with Gasteiger partial charge in [-0.1, -0.05) is 53.5 Å². The van der Waals surface area contributed by atoms with Crippen molar-refractivity contribution in [3.8, 4) is 0 Å². The number of carbonyl (C=O) groups is 1. The molecule has 3 atom stereocenters. The minimum absolute atomic E-state index is 0.0208. The Morgan fingerprint density at radius 2 is 1.83 bits per heavy atom. The molecular formula is C18H18Cl2N2O. The number of nitrogens with one attached hydrogen (secondary N) is 1. The molecule has 1 fully saturated rings. The van der Waals surface area contributed by atoms with E-state index in [0.717, 1.165) is 17.5 Å². The molecule has 2 aromatic carbocycles. The van der Waals surface area contributed by atoms with Crippen LogP contribution >= 0.6 is 23.2 Å². The lowest BCUT2D eigenvalue weighted by Crippen LogP contribution is -2.33. The first kappa shape index (κ1) is 16.3. The highest BCUT2D eigenvalue weighted by Crippen LogP contribution is 2.48. The molecule has 23 heavy (non-hydrogen) atoms. The highest BCUT2D eigenvalue weighted by molar-refractivity contribution is 6.34. The number of hydrogen-bond donors (Lipinski definition) is 2. The normalized spacial score (nSPS) is 20.8. The second-order valence-corrected chi connectivity index (χ2v) is 6.79. The summed E-state index contributed by atoms with van der Waals surface area (Å²) in [7, 11) is 0. The zero-order valence-electron chi connectivity index (χ0n) is 12.5. The first-order valence-corrected chi connectivity index (χ1v) is 8.34. The van der Waals surface area contributed by atoms with E-state index in [1.54, 1.807) is 6.07 Å². The lowest BCUT2D eigenvalue weighted by atomic mass is 10.1. The van der Waals surface area contributed by atoms with E-state index in [1.807, 2.05) is 42.5 Å². The molecule has 3 rings (SSSR count). The molecule has 120 valence electrons. The van der Waals surface area contributed by atoms with Gasteiger partial charge >= 0.3 is 0 Å². The summed E-state index contributed by atoms with van der Waals surface area (Å²) in [5.41, 5.74) is 8.14. The van der Waals surface area contributed by atoms with Gasteiger partial charge in [0.1, 0.15) is 0 Å². The second kappa shape index (κ2) is 6.91. The van der Waals surface area contributed by atoms with Gasteiger partial charge in [-0.05, 0) is 41.7 Å². The van der Waals surface area contributed by atoms with Crippen LogP contribution in [-0.2, 0) is 4.79 Å². The van der Waals surface area contributed by atoms with Crippen molar-refractivity contribution >= 4 is 29.1 Å². The molecule has 1 saturated carbocycles. The molecule has 0 heterocycles. The van der Waals surface area contributed by atoms with Crippen molar-refractivity contribution in [1.82, 2.24) is 5.32 Å². The first-order valence-electron chi connectivity index (χ1n) is 7.59. The molecule has 0 spiro atoms. The van der Waals surface area contributed by atoms with Gasteiger partial charge < -0.3 is 11.1 Å². The second-order valence-electron chi connectivity index (χ2n) is 5.91. The summed E-state index contributed by atoms with van der Waals surface area (Å²) >= 11 is 12.0. The van der Waals surface area contributed by atoms with E-state index in [-0.39, 0.29) is 23.8 Å². The minimum atomic E-state index is -0.196.